The Bertz CT molecular complexity index is 793. The largest absolute Gasteiger partial charge is 0.353 e. The van der Waals surface area contributed by atoms with Crippen molar-refractivity contribution in [2.45, 2.75) is 45.1 Å². The molecule has 1 saturated heterocycles. The highest BCUT2D eigenvalue weighted by Crippen LogP contribution is 2.22. The lowest BCUT2D eigenvalue weighted by molar-refractivity contribution is 0.186. The zero-order valence-electron chi connectivity index (χ0n) is 16.6. The molecule has 0 unspecified atom stereocenters. The van der Waals surface area contributed by atoms with Crippen LogP contribution >= 0.6 is 0 Å². The highest BCUT2D eigenvalue weighted by molar-refractivity contribution is 5.75. The summed E-state index contributed by atoms with van der Waals surface area (Å²) in [6, 6.07) is 10.9. The van der Waals surface area contributed by atoms with E-state index < -0.39 is 0 Å². The van der Waals surface area contributed by atoms with Crippen molar-refractivity contribution < 1.29 is 4.79 Å². The van der Waals surface area contributed by atoms with E-state index in [4.69, 9.17) is 0 Å². The van der Waals surface area contributed by atoms with Crippen LogP contribution < -0.4 is 10.2 Å². The number of piperazine rings is 1. The van der Waals surface area contributed by atoms with Gasteiger partial charge < -0.3 is 15.1 Å². The summed E-state index contributed by atoms with van der Waals surface area (Å²) >= 11 is 0. The molecule has 1 aliphatic heterocycles. The van der Waals surface area contributed by atoms with Crippen LogP contribution in [0.1, 0.15) is 37.7 Å². The number of urea groups is 1. The Labute approximate surface area is 167 Å². The van der Waals surface area contributed by atoms with Gasteiger partial charge in [0.05, 0.1) is 5.69 Å². The van der Waals surface area contributed by atoms with Gasteiger partial charge in [-0.1, -0.05) is 49.1 Å². The van der Waals surface area contributed by atoms with Crippen molar-refractivity contribution in [3.63, 3.8) is 0 Å². The second kappa shape index (κ2) is 8.59. The predicted octanol–water partition coefficient (Wildman–Crippen LogP) is 3.62. The summed E-state index contributed by atoms with van der Waals surface area (Å²) in [5, 5.41) is 3.22. The van der Waals surface area contributed by atoms with E-state index in [0.29, 0.717) is 6.04 Å². The highest BCUT2D eigenvalue weighted by atomic mass is 16.2. The van der Waals surface area contributed by atoms with Crippen molar-refractivity contribution in [1.29, 1.82) is 0 Å². The van der Waals surface area contributed by atoms with Crippen LogP contribution in [0.4, 0.5) is 10.6 Å². The number of hydrogen-bond acceptors (Lipinski definition) is 4. The van der Waals surface area contributed by atoms with Crippen LogP contribution in [0.15, 0.2) is 36.7 Å². The summed E-state index contributed by atoms with van der Waals surface area (Å²) in [7, 11) is 0. The van der Waals surface area contributed by atoms with Gasteiger partial charge in [-0.15, -0.1) is 0 Å². The van der Waals surface area contributed by atoms with Crippen LogP contribution in [0.25, 0.3) is 11.3 Å². The average molecular weight is 380 g/mol. The molecule has 1 aromatic heterocycles. The van der Waals surface area contributed by atoms with E-state index in [1.807, 2.05) is 11.0 Å². The standard InChI is InChI=1S/C22H29N5O/c1-17-7-9-18(10-8-17)20-15-21(24-16-23-20)26-11-13-27(14-12-26)22(28)25-19-5-3-2-4-6-19/h7-10,15-16,19H,2-6,11-14H2,1H3,(H,25,28). The smallest absolute Gasteiger partial charge is 0.317 e. The maximum Gasteiger partial charge on any atom is 0.317 e. The Balaban J connectivity index is 1.35. The molecule has 6 nitrogen and oxygen atoms in total. The van der Waals surface area contributed by atoms with Crippen molar-refractivity contribution in [3.05, 3.63) is 42.2 Å². The average Bonchev–Trinajstić information content (AvgIpc) is 2.75. The molecule has 1 N–H and O–H groups in total. The third-order valence-electron chi connectivity index (χ3n) is 5.82. The number of aryl methyl sites for hydroxylation is 1. The molecule has 2 aliphatic rings. The third-order valence-corrected chi connectivity index (χ3v) is 5.82. The number of hydrogen-bond donors (Lipinski definition) is 1. The lowest BCUT2D eigenvalue weighted by Gasteiger charge is -2.36. The number of amides is 2. The van der Waals surface area contributed by atoms with Gasteiger partial charge in [-0.25, -0.2) is 14.8 Å². The van der Waals surface area contributed by atoms with E-state index in [0.717, 1.165) is 56.1 Å². The van der Waals surface area contributed by atoms with E-state index in [1.165, 1.54) is 24.8 Å². The molecule has 4 rings (SSSR count). The fraction of sp³-hybridized carbons (Fsp3) is 0.500. The highest BCUT2D eigenvalue weighted by Gasteiger charge is 2.24. The molecule has 2 heterocycles. The first-order chi connectivity index (χ1) is 13.7. The first-order valence-electron chi connectivity index (χ1n) is 10.4. The first-order valence-corrected chi connectivity index (χ1v) is 10.4. The fourth-order valence-electron chi connectivity index (χ4n) is 4.05. The number of carbonyl (C=O) groups excluding carboxylic acids is 1. The Morgan fingerprint density at radius 2 is 1.71 bits per heavy atom. The van der Waals surface area contributed by atoms with Crippen LogP contribution in [0.3, 0.4) is 0 Å². The summed E-state index contributed by atoms with van der Waals surface area (Å²) in [6.07, 6.45) is 7.63. The van der Waals surface area contributed by atoms with Crippen molar-refractivity contribution in [1.82, 2.24) is 20.2 Å². The summed E-state index contributed by atoms with van der Waals surface area (Å²) < 4.78 is 0. The Morgan fingerprint density at radius 1 is 1.00 bits per heavy atom. The van der Waals surface area contributed by atoms with Gasteiger partial charge in [0, 0.05) is 43.9 Å². The van der Waals surface area contributed by atoms with Crippen LogP contribution in [0.2, 0.25) is 0 Å². The third kappa shape index (κ3) is 4.43. The molecule has 148 valence electrons. The van der Waals surface area contributed by atoms with Crippen molar-refractivity contribution >= 4 is 11.8 Å². The molecular formula is C22H29N5O. The van der Waals surface area contributed by atoms with Gasteiger partial charge >= 0.3 is 6.03 Å². The second-order valence-corrected chi connectivity index (χ2v) is 7.89. The SMILES string of the molecule is Cc1ccc(-c2cc(N3CCN(C(=O)NC4CCCCC4)CC3)ncn2)cc1. The van der Waals surface area contributed by atoms with Crippen LogP contribution in [-0.2, 0) is 0 Å². The molecule has 2 aromatic rings. The number of aromatic nitrogens is 2. The zero-order chi connectivity index (χ0) is 19.3. The van der Waals surface area contributed by atoms with E-state index in [2.05, 4.69) is 51.4 Å². The second-order valence-electron chi connectivity index (χ2n) is 7.89. The number of carbonyl (C=O) groups is 1. The minimum Gasteiger partial charge on any atom is -0.353 e. The van der Waals surface area contributed by atoms with Gasteiger partial charge in [0.15, 0.2) is 0 Å². The molecule has 2 amide bonds. The maximum absolute atomic E-state index is 12.5. The molecule has 0 bridgehead atoms. The number of rotatable bonds is 3. The maximum atomic E-state index is 12.5. The summed E-state index contributed by atoms with van der Waals surface area (Å²) in [6.45, 7) is 5.12. The summed E-state index contributed by atoms with van der Waals surface area (Å²) in [5.74, 6) is 0.929. The minimum absolute atomic E-state index is 0.0922. The number of benzene rings is 1. The van der Waals surface area contributed by atoms with Gasteiger partial charge in [-0.3, -0.25) is 0 Å². The van der Waals surface area contributed by atoms with E-state index >= 15 is 0 Å². The van der Waals surface area contributed by atoms with E-state index in [9.17, 15) is 4.79 Å². The van der Waals surface area contributed by atoms with Crippen LogP contribution in [-0.4, -0.2) is 53.1 Å². The molecule has 1 aliphatic carbocycles. The minimum atomic E-state index is 0.0922. The number of anilines is 1. The normalized spacial score (nSPS) is 18.2. The summed E-state index contributed by atoms with van der Waals surface area (Å²) in [5.41, 5.74) is 3.27. The zero-order valence-corrected chi connectivity index (χ0v) is 16.6. The van der Waals surface area contributed by atoms with E-state index in [-0.39, 0.29) is 6.03 Å². The molecule has 28 heavy (non-hydrogen) atoms. The van der Waals surface area contributed by atoms with Crippen molar-refractivity contribution in [2.75, 3.05) is 31.1 Å². The van der Waals surface area contributed by atoms with Gasteiger partial charge in [0.1, 0.15) is 12.1 Å². The predicted molar refractivity (Wildman–Crippen MR) is 111 cm³/mol. The van der Waals surface area contributed by atoms with Crippen molar-refractivity contribution in [2.24, 2.45) is 0 Å². The summed E-state index contributed by atoms with van der Waals surface area (Å²) in [4.78, 5) is 25.6. The van der Waals surface area contributed by atoms with Gasteiger partial charge in [-0.2, -0.15) is 0 Å². The molecule has 0 spiro atoms. The van der Waals surface area contributed by atoms with E-state index in [1.54, 1.807) is 6.33 Å². The van der Waals surface area contributed by atoms with Gasteiger partial charge in [0.25, 0.3) is 0 Å². The molecule has 0 radical (unpaired) electrons. The first kappa shape index (κ1) is 18.7. The molecular weight excluding hydrogens is 350 g/mol. The Morgan fingerprint density at radius 3 is 2.43 bits per heavy atom. The molecule has 2 fully saturated rings. The van der Waals surface area contributed by atoms with Crippen molar-refractivity contribution in [3.8, 4) is 11.3 Å². The number of nitrogens with zero attached hydrogens (tertiary/aromatic N) is 4. The number of nitrogens with one attached hydrogen (secondary N) is 1. The Kier molecular flexibility index (Phi) is 5.74. The topological polar surface area (TPSA) is 61.4 Å². The van der Waals surface area contributed by atoms with Gasteiger partial charge in [0.2, 0.25) is 0 Å². The van der Waals surface area contributed by atoms with Crippen LogP contribution in [0.5, 0.6) is 0 Å². The molecule has 1 saturated carbocycles. The fourth-order valence-corrected chi connectivity index (χ4v) is 4.05. The van der Waals surface area contributed by atoms with Gasteiger partial charge in [-0.05, 0) is 19.8 Å². The lowest BCUT2D eigenvalue weighted by atomic mass is 9.96. The quantitative estimate of drug-likeness (QED) is 0.885. The molecule has 0 atom stereocenters. The molecule has 6 heteroatoms. The lowest BCUT2D eigenvalue weighted by Crippen LogP contribution is -2.53. The Hall–Kier alpha value is -2.63. The monoisotopic (exact) mass is 379 g/mol. The van der Waals surface area contributed by atoms with Crippen LogP contribution in [0, 0.1) is 6.92 Å². The molecule has 1 aromatic carbocycles.